The molecule has 0 bridgehead atoms. The molecule has 6 heteroatoms. The van der Waals surface area contributed by atoms with E-state index < -0.39 is 23.7 Å². The number of phenols is 1. The van der Waals surface area contributed by atoms with Crippen LogP contribution in [0, 0.1) is 17.8 Å². The molecule has 3 aromatic carbocycles. The molecule has 6 nitrogen and oxygen atoms in total. The number of phenolic OH excluding ortho intramolecular Hbond substituents is 1. The Labute approximate surface area is 224 Å². The van der Waals surface area contributed by atoms with Gasteiger partial charge < -0.3 is 5.11 Å². The first-order valence-corrected chi connectivity index (χ1v) is 13.2. The van der Waals surface area contributed by atoms with Gasteiger partial charge in [-0.15, -0.1) is 0 Å². The smallest absolute Gasteiger partial charge is 0.238 e. The Bertz CT molecular complexity index is 1730. The highest BCUT2D eigenvalue weighted by atomic mass is 16.3. The van der Waals surface area contributed by atoms with Gasteiger partial charge in [0.25, 0.3) is 0 Å². The number of allylic oxidation sites excluding steroid dienone is 6. The number of ketones is 2. The molecular weight excluding hydrogens is 490 g/mol. The second kappa shape index (κ2) is 8.46. The fourth-order valence-corrected chi connectivity index (χ4v) is 7.13. The zero-order valence-electron chi connectivity index (χ0n) is 21.3. The molecule has 4 aliphatic rings. The Balaban J connectivity index is 1.44. The number of para-hydroxylation sites is 1. The number of rotatable bonds is 2. The van der Waals surface area contributed by atoms with E-state index in [2.05, 4.69) is 0 Å². The van der Waals surface area contributed by atoms with Crippen LogP contribution in [0.15, 0.2) is 101 Å². The largest absolute Gasteiger partial charge is 0.508 e. The SMILES string of the molecule is CC1=CC(=O)C2=C(C[C@@H]3C(=CC[C@@H]4C(=O)N(c5ccccc5)C(=O)[C@@H]43)[C@@H]2c2c(O)ccc3ccccc23)C1=O. The predicted molar refractivity (Wildman–Crippen MR) is 146 cm³/mol. The summed E-state index contributed by atoms with van der Waals surface area (Å²) in [6, 6.07) is 20.0. The van der Waals surface area contributed by atoms with Crippen molar-refractivity contribution in [1.29, 1.82) is 0 Å². The van der Waals surface area contributed by atoms with Crippen molar-refractivity contribution in [2.75, 3.05) is 4.90 Å². The molecule has 1 fully saturated rings. The average Bonchev–Trinajstić information content (AvgIpc) is 3.21. The molecule has 0 unspecified atom stereocenters. The first-order chi connectivity index (χ1) is 18.9. The van der Waals surface area contributed by atoms with Crippen LogP contribution < -0.4 is 4.90 Å². The molecule has 3 aromatic rings. The molecule has 1 N–H and O–H groups in total. The molecule has 1 aliphatic heterocycles. The molecule has 2 amide bonds. The summed E-state index contributed by atoms with van der Waals surface area (Å²) in [7, 11) is 0. The second-order valence-corrected chi connectivity index (χ2v) is 10.8. The molecule has 4 atom stereocenters. The number of amides is 2. The van der Waals surface area contributed by atoms with E-state index in [9.17, 15) is 24.3 Å². The van der Waals surface area contributed by atoms with E-state index in [0.29, 0.717) is 34.4 Å². The third kappa shape index (κ3) is 3.27. The standard InChI is InChI=1S/C33H25NO5/c1-17-15-26(36)29-24(31(17)37)16-23-21(30(29)28-20-10-6-5-7-18(20)11-14-25(28)35)12-13-22-27(23)33(39)34(32(22)38)19-8-3-2-4-9-19/h2-12,14-15,22-23,27,30,35H,13,16H2,1H3/t22-,23+,27-,30+/m0/s1. The zero-order chi connectivity index (χ0) is 27.0. The van der Waals surface area contributed by atoms with Gasteiger partial charge in [0.2, 0.25) is 11.8 Å². The van der Waals surface area contributed by atoms with Gasteiger partial charge in [-0.05, 0) is 60.7 Å². The van der Waals surface area contributed by atoms with Crippen molar-refractivity contribution >= 4 is 39.8 Å². The van der Waals surface area contributed by atoms with Gasteiger partial charge in [-0.1, -0.05) is 60.2 Å². The van der Waals surface area contributed by atoms with Gasteiger partial charge in [0.05, 0.1) is 17.5 Å². The van der Waals surface area contributed by atoms with E-state index in [1.165, 1.54) is 11.0 Å². The number of nitrogens with zero attached hydrogens (tertiary/aromatic N) is 1. The lowest BCUT2D eigenvalue weighted by atomic mass is 9.59. The summed E-state index contributed by atoms with van der Waals surface area (Å²) >= 11 is 0. The lowest BCUT2D eigenvalue weighted by Gasteiger charge is -2.42. The first kappa shape index (κ1) is 23.5. The van der Waals surface area contributed by atoms with Crippen molar-refractivity contribution in [2.24, 2.45) is 17.8 Å². The van der Waals surface area contributed by atoms with E-state index in [1.807, 2.05) is 42.5 Å². The van der Waals surface area contributed by atoms with E-state index >= 15 is 0 Å². The Hall–Kier alpha value is -4.58. The van der Waals surface area contributed by atoms with E-state index in [-0.39, 0.29) is 35.6 Å². The monoisotopic (exact) mass is 515 g/mol. The molecule has 3 aliphatic carbocycles. The first-order valence-electron chi connectivity index (χ1n) is 13.2. The normalized spacial score (nSPS) is 26.3. The van der Waals surface area contributed by atoms with Crippen LogP contribution in [0.25, 0.3) is 10.8 Å². The van der Waals surface area contributed by atoms with Crippen LogP contribution >= 0.6 is 0 Å². The van der Waals surface area contributed by atoms with Gasteiger partial charge in [0.1, 0.15) is 5.75 Å². The van der Waals surface area contributed by atoms with Crippen LogP contribution in [0.4, 0.5) is 5.69 Å². The van der Waals surface area contributed by atoms with Crippen molar-refractivity contribution in [3.63, 3.8) is 0 Å². The lowest BCUT2D eigenvalue weighted by Crippen LogP contribution is -2.39. The number of fused-ring (bicyclic) bond motifs is 4. The molecule has 0 aromatic heterocycles. The van der Waals surface area contributed by atoms with E-state index in [1.54, 1.807) is 37.3 Å². The molecule has 7 rings (SSSR count). The summed E-state index contributed by atoms with van der Waals surface area (Å²) in [6.45, 7) is 1.63. The molecule has 0 saturated carbocycles. The second-order valence-electron chi connectivity index (χ2n) is 10.8. The third-order valence-electron chi connectivity index (χ3n) is 8.81. The Morgan fingerprint density at radius 1 is 0.846 bits per heavy atom. The van der Waals surface area contributed by atoms with Crippen LogP contribution in [0.1, 0.15) is 31.2 Å². The van der Waals surface area contributed by atoms with Crippen molar-refractivity contribution < 1.29 is 24.3 Å². The summed E-state index contributed by atoms with van der Waals surface area (Å²) in [5.74, 6) is -3.29. The molecule has 39 heavy (non-hydrogen) atoms. The number of benzene rings is 3. The molecule has 192 valence electrons. The average molecular weight is 516 g/mol. The Kier molecular flexibility index (Phi) is 5.11. The Morgan fingerprint density at radius 3 is 2.38 bits per heavy atom. The Morgan fingerprint density at radius 2 is 1.59 bits per heavy atom. The lowest BCUT2D eigenvalue weighted by molar-refractivity contribution is -0.123. The van der Waals surface area contributed by atoms with Gasteiger partial charge in [0, 0.05) is 28.2 Å². The number of Topliss-reactive ketones (excluding diaryl/α,β-unsaturated/α-hetero) is 1. The number of carbonyl (C=O) groups excluding carboxylic acids is 4. The highest BCUT2D eigenvalue weighted by molar-refractivity contribution is 6.25. The zero-order valence-corrected chi connectivity index (χ0v) is 21.3. The number of anilines is 1. The molecule has 0 radical (unpaired) electrons. The van der Waals surface area contributed by atoms with Crippen LogP contribution in [-0.4, -0.2) is 28.5 Å². The summed E-state index contributed by atoms with van der Waals surface area (Å²) in [6.07, 6.45) is 3.92. The van der Waals surface area contributed by atoms with E-state index in [0.717, 1.165) is 16.3 Å². The summed E-state index contributed by atoms with van der Waals surface area (Å²) in [5, 5.41) is 12.9. The number of aromatic hydroxyl groups is 1. The van der Waals surface area contributed by atoms with E-state index in [4.69, 9.17) is 0 Å². The van der Waals surface area contributed by atoms with Crippen molar-refractivity contribution in [3.8, 4) is 5.75 Å². The minimum Gasteiger partial charge on any atom is -0.508 e. The fourth-order valence-electron chi connectivity index (χ4n) is 7.13. The maximum absolute atomic E-state index is 13.9. The van der Waals surface area contributed by atoms with Crippen LogP contribution in [0.5, 0.6) is 5.75 Å². The minimum atomic E-state index is -0.694. The number of imide groups is 1. The number of carbonyl (C=O) groups is 4. The van der Waals surface area contributed by atoms with Gasteiger partial charge in [-0.3, -0.25) is 24.1 Å². The van der Waals surface area contributed by atoms with Crippen molar-refractivity contribution in [1.82, 2.24) is 0 Å². The highest BCUT2D eigenvalue weighted by Gasteiger charge is 2.56. The third-order valence-corrected chi connectivity index (χ3v) is 8.81. The van der Waals surface area contributed by atoms with Gasteiger partial charge >= 0.3 is 0 Å². The summed E-state index contributed by atoms with van der Waals surface area (Å²) in [4.78, 5) is 55.8. The maximum atomic E-state index is 13.9. The van der Waals surface area contributed by atoms with Crippen LogP contribution in [0.3, 0.4) is 0 Å². The maximum Gasteiger partial charge on any atom is 0.238 e. The van der Waals surface area contributed by atoms with Gasteiger partial charge in [0.15, 0.2) is 11.6 Å². The van der Waals surface area contributed by atoms with Crippen molar-refractivity contribution in [2.45, 2.75) is 25.7 Å². The van der Waals surface area contributed by atoms with Crippen molar-refractivity contribution in [3.05, 3.63) is 107 Å². The summed E-state index contributed by atoms with van der Waals surface area (Å²) < 4.78 is 0. The molecule has 0 spiro atoms. The summed E-state index contributed by atoms with van der Waals surface area (Å²) in [5.41, 5.74) is 3.03. The van der Waals surface area contributed by atoms with Crippen LogP contribution in [0.2, 0.25) is 0 Å². The molecule has 1 saturated heterocycles. The fraction of sp³-hybridized carbons (Fsp3) is 0.212. The molecular formula is C33H25NO5. The minimum absolute atomic E-state index is 0.0282. The quantitative estimate of drug-likeness (QED) is 0.289. The van der Waals surface area contributed by atoms with Gasteiger partial charge in [-0.25, -0.2) is 0 Å². The predicted octanol–water partition coefficient (Wildman–Crippen LogP) is 5.18. The number of hydrogen-bond acceptors (Lipinski definition) is 5. The van der Waals surface area contributed by atoms with Crippen LogP contribution in [-0.2, 0) is 19.2 Å². The highest BCUT2D eigenvalue weighted by Crippen LogP contribution is 2.57. The molecule has 1 heterocycles. The van der Waals surface area contributed by atoms with Gasteiger partial charge in [-0.2, -0.15) is 0 Å². The topological polar surface area (TPSA) is 91.8 Å². The number of hydrogen-bond donors (Lipinski definition) is 1.